The number of aliphatic hydroxyl groups excluding tert-OH is 2. The SMILES string of the molecule is CCCCCCCCC[C@H](O)C[C@H](O)CCc1ccc(O)c(OC)c1. The molecule has 0 radical (unpaired) electrons. The zero-order valence-corrected chi connectivity index (χ0v) is 15.9. The van der Waals surface area contributed by atoms with Gasteiger partial charge in [-0.05, 0) is 43.4 Å². The Morgan fingerprint density at radius 3 is 2.24 bits per heavy atom. The number of hydrogen-bond donors (Lipinski definition) is 3. The van der Waals surface area contributed by atoms with Crippen LogP contribution in [0.1, 0.15) is 76.7 Å². The Kier molecular flexibility index (Phi) is 11.3. The fourth-order valence-corrected chi connectivity index (χ4v) is 3.10. The van der Waals surface area contributed by atoms with Gasteiger partial charge in [0, 0.05) is 0 Å². The van der Waals surface area contributed by atoms with Gasteiger partial charge in [-0.3, -0.25) is 0 Å². The summed E-state index contributed by atoms with van der Waals surface area (Å²) in [5.41, 5.74) is 1.01. The Hall–Kier alpha value is -1.26. The van der Waals surface area contributed by atoms with Crippen molar-refractivity contribution in [1.82, 2.24) is 0 Å². The van der Waals surface area contributed by atoms with Crippen molar-refractivity contribution >= 4 is 0 Å². The summed E-state index contributed by atoms with van der Waals surface area (Å²) in [6, 6.07) is 5.23. The highest BCUT2D eigenvalue weighted by molar-refractivity contribution is 5.41. The lowest BCUT2D eigenvalue weighted by Crippen LogP contribution is -2.18. The topological polar surface area (TPSA) is 69.9 Å². The van der Waals surface area contributed by atoms with Crippen LogP contribution in [-0.2, 0) is 6.42 Å². The second-order valence-corrected chi connectivity index (χ2v) is 7.00. The first kappa shape index (κ1) is 21.8. The van der Waals surface area contributed by atoms with E-state index in [1.165, 1.54) is 45.6 Å². The largest absolute Gasteiger partial charge is 0.504 e. The number of hydrogen-bond acceptors (Lipinski definition) is 4. The summed E-state index contributed by atoms with van der Waals surface area (Å²) in [4.78, 5) is 0. The molecule has 4 heteroatoms. The maximum Gasteiger partial charge on any atom is 0.160 e. The smallest absolute Gasteiger partial charge is 0.160 e. The van der Waals surface area contributed by atoms with Gasteiger partial charge in [-0.1, -0.05) is 57.9 Å². The van der Waals surface area contributed by atoms with Crippen LogP contribution < -0.4 is 4.74 Å². The molecule has 0 aromatic heterocycles. The molecule has 2 atom stereocenters. The molecule has 0 spiro atoms. The highest BCUT2D eigenvalue weighted by Gasteiger charge is 2.12. The summed E-state index contributed by atoms with van der Waals surface area (Å²) >= 11 is 0. The third-order valence-electron chi connectivity index (χ3n) is 4.70. The highest BCUT2D eigenvalue weighted by atomic mass is 16.5. The monoisotopic (exact) mass is 352 g/mol. The number of rotatable bonds is 14. The summed E-state index contributed by atoms with van der Waals surface area (Å²) < 4.78 is 5.09. The second kappa shape index (κ2) is 13.0. The van der Waals surface area contributed by atoms with Crippen LogP contribution in [0.4, 0.5) is 0 Å². The molecule has 0 aliphatic rings. The lowest BCUT2D eigenvalue weighted by Gasteiger charge is -2.16. The van der Waals surface area contributed by atoms with Gasteiger partial charge in [0.25, 0.3) is 0 Å². The Morgan fingerprint density at radius 2 is 1.56 bits per heavy atom. The molecule has 25 heavy (non-hydrogen) atoms. The zero-order chi connectivity index (χ0) is 18.5. The van der Waals surface area contributed by atoms with E-state index in [1.807, 2.05) is 6.07 Å². The van der Waals surface area contributed by atoms with Crippen molar-refractivity contribution in [1.29, 1.82) is 0 Å². The number of aliphatic hydroxyl groups is 2. The van der Waals surface area contributed by atoms with Crippen molar-refractivity contribution in [3.63, 3.8) is 0 Å². The second-order valence-electron chi connectivity index (χ2n) is 7.00. The van der Waals surface area contributed by atoms with E-state index in [1.54, 1.807) is 12.1 Å². The van der Waals surface area contributed by atoms with E-state index in [9.17, 15) is 15.3 Å². The number of aromatic hydroxyl groups is 1. The predicted octanol–water partition coefficient (Wildman–Crippen LogP) is 4.59. The molecule has 1 aromatic carbocycles. The first-order valence-corrected chi connectivity index (χ1v) is 9.78. The van der Waals surface area contributed by atoms with Gasteiger partial charge in [-0.25, -0.2) is 0 Å². The van der Waals surface area contributed by atoms with Gasteiger partial charge in [0.1, 0.15) is 0 Å². The van der Waals surface area contributed by atoms with Crippen molar-refractivity contribution in [3.05, 3.63) is 23.8 Å². The average Bonchev–Trinajstić information content (AvgIpc) is 2.60. The van der Waals surface area contributed by atoms with Gasteiger partial charge in [0.2, 0.25) is 0 Å². The van der Waals surface area contributed by atoms with Gasteiger partial charge >= 0.3 is 0 Å². The number of phenolic OH excluding ortho intramolecular Hbond substituents is 1. The molecular weight excluding hydrogens is 316 g/mol. The molecule has 0 heterocycles. The number of methoxy groups -OCH3 is 1. The van der Waals surface area contributed by atoms with Gasteiger partial charge in [0.05, 0.1) is 19.3 Å². The van der Waals surface area contributed by atoms with E-state index >= 15 is 0 Å². The van der Waals surface area contributed by atoms with Crippen molar-refractivity contribution in [3.8, 4) is 11.5 Å². The van der Waals surface area contributed by atoms with Crippen LogP contribution in [0.25, 0.3) is 0 Å². The van der Waals surface area contributed by atoms with Crippen LogP contribution in [0.3, 0.4) is 0 Å². The first-order valence-electron chi connectivity index (χ1n) is 9.78. The molecule has 0 fully saturated rings. The molecule has 0 amide bonds. The Morgan fingerprint density at radius 1 is 0.920 bits per heavy atom. The Bertz CT molecular complexity index is 461. The highest BCUT2D eigenvalue weighted by Crippen LogP contribution is 2.27. The van der Waals surface area contributed by atoms with Crippen LogP contribution in [0, 0.1) is 0 Å². The van der Waals surface area contributed by atoms with Gasteiger partial charge in [-0.2, -0.15) is 0 Å². The molecule has 3 N–H and O–H groups in total. The molecular formula is C21H36O4. The van der Waals surface area contributed by atoms with Gasteiger partial charge in [-0.15, -0.1) is 0 Å². The fraction of sp³-hybridized carbons (Fsp3) is 0.714. The summed E-state index contributed by atoms with van der Waals surface area (Å²) in [5.74, 6) is 0.572. The van der Waals surface area contributed by atoms with Crippen LogP contribution in [0.2, 0.25) is 0 Å². The maximum atomic E-state index is 10.1. The standard InChI is InChI=1S/C21H36O4/c1-3-4-5-6-7-8-9-10-18(22)16-19(23)13-11-17-12-14-20(24)21(15-17)25-2/h12,14-15,18-19,22-24H,3-11,13,16H2,1-2H3/t18-,19+/m0/s1. The van der Waals surface area contributed by atoms with E-state index in [0.717, 1.165) is 18.4 Å². The molecule has 144 valence electrons. The van der Waals surface area contributed by atoms with E-state index < -0.39 is 12.2 Å². The molecule has 0 saturated heterocycles. The number of benzene rings is 1. The van der Waals surface area contributed by atoms with Crippen molar-refractivity contribution in [2.75, 3.05) is 7.11 Å². The van der Waals surface area contributed by atoms with E-state index in [2.05, 4.69) is 6.92 Å². The normalized spacial score (nSPS) is 13.6. The predicted molar refractivity (Wildman–Crippen MR) is 102 cm³/mol. The summed E-state index contributed by atoms with van der Waals surface area (Å²) in [5, 5.41) is 29.8. The van der Waals surface area contributed by atoms with Gasteiger partial charge in [0.15, 0.2) is 11.5 Å². The third kappa shape index (κ3) is 9.71. The molecule has 1 aromatic rings. The lowest BCUT2D eigenvalue weighted by atomic mass is 9.99. The Balaban J connectivity index is 2.15. The fourth-order valence-electron chi connectivity index (χ4n) is 3.10. The summed E-state index contributed by atoms with van der Waals surface area (Å²) in [7, 11) is 1.52. The first-order chi connectivity index (χ1) is 12.1. The molecule has 0 bridgehead atoms. The quantitative estimate of drug-likeness (QED) is 0.428. The molecule has 0 aliphatic heterocycles. The number of phenols is 1. The minimum atomic E-state index is -0.501. The molecule has 1 rings (SSSR count). The minimum Gasteiger partial charge on any atom is -0.504 e. The van der Waals surface area contributed by atoms with Crippen LogP contribution >= 0.6 is 0 Å². The molecule has 0 unspecified atom stereocenters. The molecule has 0 saturated carbocycles. The van der Waals surface area contributed by atoms with Crippen LogP contribution in [0.15, 0.2) is 18.2 Å². The molecule has 4 nitrogen and oxygen atoms in total. The van der Waals surface area contributed by atoms with Crippen molar-refractivity contribution < 1.29 is 20.1 Å². The molecule has 0 aliphatic carbocycles. The third-order valence-corrected chi connectivity index (χ3v) is 4.70. The number of ether oxygens (including phenoxy) is 1. The van der Waals surface area contributed by atoms with Crippen LogP contribution in [0.5, 0.6) is 11.5 Å². The zero-order valence-electron chi connectivity index (χ0n) is 15.9. The summed E-state index contributed by atoms with van der Waals surface area (Å²) in [6.45, 7) is 2.22. The van der Waals surface area contributed by atoms with E-state index in [-0.39, 0.29) is 5.75 Å². The lowest BCUT2D eigenvalue weighted by molar-refractivity contribution is 0.0697. The van der Waals surface area contributed by atoms with Crippen molar-refractivity contribution in [2.45, 2.75) is 89.8 Å². The van der Waals surface area contributed by atoms with E-state index in [0.29, 0.717) is 25.0 Å². The van der Waals surface area contributed by atoms with Crippen LogP contribution in [-0.4, -0.2) is 34.6 Å². The summed E-state index contributed by atoms with van der Waals surface area (Å²) in [6.07, 6.45) is 10.3. The Labute approximate surface area is 152 Å². The maximum absolute atomic E-state index is 10.1. The van der Waals surface area contributed by atoms with E-state index in [4.69, 9.17) is 4.74 Å². The average molecular weight is 353 g/mol. The van der Waals surface area contributed by atoms with Crippen molar-refractivity contribution in [2.24, 2.45) is 0 Å². The van der Waals surface area contributed by atoms with Gasteiger partial charge < -0.3 is 20.1 Å². The minimum absolute atomic E-state index is 0.122. The number of aryl methyl sites for hydroxylation is 1. The number of unbranched alkanes of at least 4 members (excludes halogenated alkanes) is 6.